The monoisotopic (exact) mass is 194 g/mol. The Bertz CT molecular complexity index is 251. The highest BCUT2D eigenvalue weighted by molar-refractivity contribution is 5.16. The maximum atomic E-state index is 9.59. The Labute approximate surface area is 84.9 Å². The number of nitrogens with one attached hydrogen (secondary N) is 1. The molecule has 2 unspecified atom stereocenters. The van der Waals surface area contributed by atoms with Gasteiger partial charge in [-0.2, -0.15) is 0 Å². The molecule has 4 N–H and O–H groups in total. The largest absolute Gasteiger partial charge is 0.390 e. The molecule has 0 aliphatic rings. The van der Waals surface area contributed by atoms with Crippen molar-refractivity contribution >= 4 is 0 Å². The summed E-state index contributed by atoms with van der Waals surface area (Å²) in [4.78, 5) is 0. The second-order valence-corrected chi connectivity index (χ2v) is 3.48. The molecule has 0 bridgehead atoms. The van der Waals surface area contributed by atoms with Crippen LogP contribution < -0.4 is 11.1 Å². The van der Waals surface area contributed by atoms with Crippen molar-refractivity contribution in [2.24, 2.45) is 5.73 Å². The number of likely N-dealkylation sites (N-methyl/N-ethyl adjacent to an activating group) is 1. The summed E-state index contributed by atoms with van der Waals surface area (Å²) in [6.45, 7) is 0.536. The topological polar surface area (TPSA) is 58.3 Å². The van der Waals surface area contributed by atoms with Crippen molar-refractivity contribution in [3.63, 3.8) is 0 Å². The summed E-state index contributed by atoms with van der Waals surface area (Å²) in [6, 6.07) is 9.76. The van der Waals surface area contributed by atoms with Crippen LogP contribution in [0.4, 0.5) is 0 Å². The number of hydrogen-bond acceptors (Lipinski definition) is 3. The van der Waals surface area contributed by atoms with Crippen LogP contribution in [0.5, 0.6) is 0 Å². The van der Waals surface area contributed by atoms with Crippen molar-refractivity contribution in [2.75, 3.05) is 13.6 Å². The molecule has 3 heteroatoms. The molecule has 0 aliphatic heterocycles. The normalized spacial score (nSPS) is 15.1. The predicted octanol–water partition coefficient (Wildman–Crippen LogP) is 0.137. The SMILES string of the molecule is CNCC(O)C(N)Cc1ccccc1. The van der Waals surface area contributed by atoms with E-state index in [1.165, 1.54) is 0 Å². The molecule has 0 aliphatic carbocycles. The van der Waals surface area contributed by atoms with Crippen LogP contribution in [0.2, 0.25) is 0 Å². The van der Waals surface area contributed by atoms with Gasteiger partial charge in [-0.05, 0) is 19.0 Å². The van der Waals surface area contributed by atoms with Crippen LogP contribution in [0, 0.1) is 0 Å². The quantitative estimate of drug-likeness (QED) is 0.625. The molecule has 14 heavy (non-hydrogen) atoms. The van der Waals surface area contributed by atoms with E-state index < -0.39 is 6.10 Å². The zero-order chi connectivity index (χ0) is 10.4. The van der Waals surface area contributed by atoms with E-state index in [1.54, 1.807) is 7.05 Å². The Hall–Kier alpha value is -0.900. The van der Waals surface area contributed by atoms with Gasteiger partial charge in [0.25, 0.3) is 0 Å². The molecule has 78 valence electrons. The highest BCUT2D eigenvalue weighted by atomic mass is 16.3. The van der Waals surface area contributed by atoms with E-state index in [2.05, 4.69) is 5.32 Å². The van der Waals surface area contributed by atoms with E-state index in [9.17, 15) is 5.11 Å². The maximum Gasteiger partial charge on any atom is 0.0818 e. The molecule has 0 amide bonds. The molecule has 0 heterocycles. The van der Waals surface area contributed by atoms with Gasteiger partial charge in [0, 0.05) is 12.6 Å². The number of hydrogen-bond donors (Lipinski definition) is 3. The predicted molar refractivity (Wildman–Crippen MR) is 58.1 cm³/mol. The zero-order valence-electron chi connectivity index (χ0n) is 8.48. The third-order valence-electron chi connectivity index (χ3n) is 2.22. The van der Waals surface area contributed by atoms with Gasteiger partial charge >= 0.3 is 0 Å². The first-order chi connectivity index (χ1) is 6.74. The second-order valence-electron chi connectivity index (χ2n) is 3.48. The van der Waals surface area contributed by atoms with Gasteiger partial charge in [0.05, 0.1) is 6.10 Å². The highest BCUT2D eigenvalue weighted by Gasteiger charge is 2.13. The van der Waals surface area contributed by atoms with Gasteiger partial charge in [0.2, 0.25) is 0 Å². The summed E-state index contributed by atoms with van der Waals surface area (Å²) in [6.07, 6.45) is 0.226. The molecule has 0 fully saturated rings. The fourth-order valence-electron chi connectivity index (χ4n) is 1.38. The Balaban J connectivity index is 2.44. The van der Waals surface area contributed by atoms with Crippen LogP contribution in [-0.2, 0) is 6.42 Å². The molecule has 0 saturated carbocycles. The summed E-state index contributed by atoms with van der Waals surface area (Å²) in [5.41, 5.74) is 7.01. The van der Waals surface area contributed by atoms with Gasteiger partial charge in [-0.25, -0.2) is 0 Å². The first kappa shape index (κ1) is 11.2. The molecule has 0 aromatic heterocycles. The number of aliphatic hydroxyl groups is 1. The minimum atomic E-state index is -0.486. The van der Waals surface area contributed by atoms with Gasteiger partial charge in [-0.15, -0.1) is 0 Å². The molecule has 0 radical (unpaired) electrons. The van der Waals surface area contributed by atoms with Crippen LogP contribution in [0.3, 0.4) is 0 Å². The number of nitrogens with two attached hydrogens (primary N) is 1. The summed E-state index contributed by atoms with van der Waals surface area (Å²) in [5.74, 6) is 0. The summed E-state index contributed by atoms with van der Waals surface area (Å²) >= 11 is 0. The highest BCUT2D eigenvalue weighted by Crippen LogP contribution is 2.03. The van der Waals surface area contributed by atoms with Gasteiger partial charge < -0.3 is 16.2 Å². The average molecular weight is 194 g/mol. The van der Waals surface area contributed by atoms with E-state index in [4.69, 9.17) is 5.73 Å². The summed E-state index contributed by atoms with van der Waals surface area (Å²) < 4.78 is 0. The molecule has 0 spiro atoms. The van der Waals surface area contributed by atoms with Crippen LogP contribution >= 0.6 is 0 Å². The summed E-state index contributed by atoms with van der Waals surface area (Å²) in [7, 11) is 1.80. The number of aliphatic hydroxyl groups excluding tert-OH is 1. The zero-order valence-corrected chi connectivity index (χ0v) is 8.48. The lowest BCUT2D eigenvalue weighted by Gasteiger charge is -2.18. The minimum Gasteiger partial charge on any atom is -0.390 e. The van der Waals surface area contributed by atoms with Crippen molar-refractivity contribution in [3.05, 3.63) is 35.9 Å². The van der Waals surface area contributed by atoms with Crippen molar-refractivity contribution in [2.45, 2.75) is 18.6 Å². The molecule has 1 rings (SSSR count). The van der Waals surface area contributed by atoms with Crippen molar-refractivity contribution in [1.29, 1.82) is 0 Å². The van der Waals surface area contributed by atoms with Gasteiger partial charge in [-0.3, -0.25) is 0 Å². The number of benzene rings is 1. The van der Waals surface area contributed by atoms with E-state index in [0.717, 1.165) is 5.56 Å². The van der Waals surface area contributed by atoms with Crippen molar-refractivity contribution < 1.29 is 5.11 Å². The van der Waals surface area contributed by atoms with Crippen molar-refractivity contribution in [3.8, 4) is 0 Å². The molecule has 3 nitrogen and oxygen atoms in total. The molecule has 1 aromatic rings. The molecule has 1 aromatic carbocycles. The van der Waals surface area contributed by atoms with E-state index in [-0.39, 0.29) is 6.04 Å². The first-order valence-electron chi connectivity index (χ1n) is 4.86. The van der Waals surface area contributed by atoms with Crippen LogP contribution in [-0.4, -0.2) is 30.8 Å². The number of rotatable bonds is 5. The second kappa shape index (κ2) is 5.75. The lowest BCUT2D eigenvalue weighted by molar-refractivity contribution is 0.144. The fraction of sp³-hybridized carbons (Fsp3) is 0.455. The summed E-state index contributed by atoms with van der Waals surface area (Å²) in [5, 5.41) is 12.5. The van der Waals surface area contributed by atoms with Crippen LogP contribution in [0.25, 0.3) is 0 Å². The minimum absolute atomic E-state index is 0.204. The third-order valence-corrected chi connectivity index (χ3v) is 2.22. The van der Waals surface area contributed by atoms with Crippen LogP contribution in [0.1, 0.15) is 5.56 Å². The maximum absolute atomic E-state index is 9.59. The first-order valence-corrected chi connectivity index (χ1v) is 4.86. The van der Waals surface area contributed by atoms with Gasteiger partial charge in [0.1, 0.15) is 0 Å². The molecular formula is C11H18N2O. The smallest absolute Gasteiger partial charge is 0.0818 e. The van der Waals surface area contributed by atoms with E-state index in [0.29, 0.717) is 13.0 Å². The Morgan fingerprint density at radius 2 is 2.00 bits per heavy atom. The Kier molecular flexibility index (Phi) is 4.59. The average Bonchev–Trinajstić information content (AvgIpc) is 2.19. The lowest BCUT2D eigenvalue weighted by atomic mass is 10.0. The lowest BCUT2D eigenvalue weighted by Crippen LogP contribution is -2.42. The van der Waals surface area contributed by atoms with E-state index >= 15 is 0 Å². The van der Waals surface area contributed by atoms with Gasteiger partial charge in [0.15, 0.2) is 0 Å². The standard InChI is InChI=1S/C11H18N2O/c1-13-8-11(14)10(12)7-9-5-3-2-4-6-9/h2-6,10-11,13-14H,7-8,12H2,1H3. The Morgan fingerprint density at radius 1 is 1.36 bits per heavy atom. The van der Waals surface area contributed by atoms with Crippen LogP contribution in [0.15, 0.2) is 30.3 Å². The van der Waals surface area contributed by atoms with Gasteiger partial charge in [-0.1, -0.05) is 30.3 Å². The third kappa shape index (κ3) is 3.46. The van der Waals surface area contributed by atoms with E-state index in [1.807, 2.05) is 30.3 Å². The molecule has 0 saturated heterocycles. The molecule has 2 atom stereocenters. The van der Waals surface area contributed by atoms with Crippen molar-refractivity contribution in [1.82, 2.24) is 5.32 Å². The fourth-order valence-corrected chi connectivity index (χ4v) is 1.38. The Morgan fingerprint density at radius 3 is 2.57 bits per heavy atom. The molecular weight excluding hydrogens is 176 g/mol.